The molecule has 8 heteroatoms. The molecule has 0 saturated carbocycles. The normalized spacial score (nSPS) is 23.8. The van der Waals surface area contributed by atoms with Gasteiger partial charge in [0.2, 0.25) is 5.56 Å². The van der Waals surface area contributed by atoms with Gasteiger partial charge in [0.05, 0.1) is 5.56 Å². The molecule has 1 saturated heterocycles. The Labute approximate surface area is 119 Å². The van der Waals surface area contributed by atoms with E-state index in [1.807, 2.05) is 0 Å². The smallest absolute Gasteiger partial charge is 0.348 e. The van der Waals surface area contributed by atoms with E-state index in [0.717, 1.165) is 0 Å². The number of amides is 1. The van der Waals surface area contributed by atoms with Crippen molar-refractivity contribution in [3.05, 3.63) is 34.2 Å². The molecule has 1 aliphatic rings. The van der Waals surface area contributed by atoms with Crippen molar-refractivity contribution in [3.8, 4) is 0 Å². The molecule has 5 nitrogen and oxygen atoms in total. The number of carbonyl (C=O) groups is 1. The average Bonchev–Trinajstić information content (AvgIpc) is 2.37. The molecule has 2 rings (SSSR count). The summed E-state index contributed by atoms with van der Waals surface area (Å²) in [6.45, 7) is 0.138. The Kier molecular flexibility index (Phi) is 4.36. The number of likely N-dealkylation sites (tertiary alicyclic amines) is 1. The van der Waals surface area contributed by atoms with E-state index >= 15 is 0 Å². The fraction of sp³-hybridized carbons (Fsp3) is 0.538. The Morgan fingerprint density at radius 1 is 1.38 bits per heavy atom. The number of nitrogens with one attached hydrogen (secondary N) is 2. The number of nitrogens with zero attached hydrogens (tertiary/aromatic N) is 1. The molecule has 1 aromatic rings. The fourth-order valence-electron chi connectivity index (χ4n) is 2.50. The zero-order valence-corrected chi connectivity index (χ0v) is 11.4. The van der Waals surface area contributed by atoms with Crippen LogP contribution in [-0.4, -0.2) is 47.6 Å². The molecule has 0 radical (unpaired) electrons. The van der Waals surface area contributed by atoms with E-state index in [2.05, 4.69) is 10.3 Å². The van der Waals surface area contributed by atoms with Gasteiger partial charge in [0.15, 0.2) is 0 Å². The maximum absolute atomic E-state index is 12.7. The van der Waals surface area contributed by atoms with Crippen molar-refractivity contribution in [1.29, 1.82) is 0 Å². The van der Waals surface area contributed by atoms with Gasteiger partial charge < -0.3 is 10.3 Å². The van der Waals surface area contributed by atoms with E-state index in [-0.39, 0.29) is 36.6 Å². The highest BCUT2D eigenvalue weighted by atomic mass is 19.4. The summed E-state index contributed by atoms with van der Waals surface area (Å²) in [6, 6.07) is 0.799. The molecule has 2 N–H and O–H groups in total. The number of rotatable bonds is 2. The predicted octanol–water partition coefficient (Wildman–Crippen LogP) is 1.13. The molecule has 2 heterocycles. The van der Waals surface area contributed by atoms with Crippen LogP contribution in [0.15, 0.2) is 23.1 Å². The Bertz CT molecular complexity index is 550. The van der Waals surface area contributed by atoms with Crippen LogP contribution in [0.3, 0.4) is 0 Å². The monoisotopic (exact) mass is 303 g/mol. The van der Waals surface area contributed by atoms with Gasteiger partial charge in [-0.05, 0) is 26.0 Å². The van der Waals surface area contributed by atoms with Gasteiger partial charge in [-0.2, -0.15) is 13.2 Å². The fourth-order valence-corrected chi connectivity index (χ4v) is 2.50. The highest BCUT2D eigenvalue weighted by Gasteiger charge is 2.44. The number of aromatic amines is 1. The average molecular weight is 303 g/mol. The van der Waals surface area contributed by atoms with E-state index in [0.29, 0.717) is 0 Å². The number of piperidine rings is 1. The third kappa shape index (κ3) is 3.84. The Morgan fingerprint density at radius 2 is 2.10 bits per heavy atom. The van der Waals surface area contributed by atoms with Gasteiger partial charge in [0.25, 0.3) is 5.91 Å². The van der Waals surface area contributed by atoms with E-state index in [9.17, 15) is 22.8 Å². The third-order valence-electron chi connectivity index (χ3n) is 3.59. The summed E-state index contributed by atoms with van der Waals surface area (Å²) >= 11 is 0. The Balaban J connectivity index is 1.95. The molecule has 1 aliphatic heterocycles. The maximum Gasteiger partial charge on any atom is 0.404 e. The van der Waals surface area contributed by atoms with Crippen LogP contribution in [0.5, 0.6) is 0 Å². The van der Waals surface area contributed by atoms with Crippen LogP contribution in [0.1, 0.15) is 23.2 Å². The minimum atomic E-state index is -4.25. The van der Waals surface area contributed by atoms with Crippen molar-refractivity contribution in [2.45, 2.75) is 31.1 Å². The van der Waals surface area contributed by atoms with Gasteiger partial charge in [-0.15, -0.1) is 0 Å². The number of hydrogen-bond donors (Lipinski definition) is 2. The number of H-pyrrole nitrogens is 1. The quantitative estimate of drug-likeness (QED) is 0.861. The summed E-state index contributed by atoms with van der Waals surface area (Å²) in [5.41, 5.74) is -0.0489. The lowest BCUT2D eigenvalue weighted by Crippen LogP contribution is -2.54. The number of likely N-dealkylation sites (N-methyl/N-ethyl adjacent to an activating group) is 1. The van der Waals surface area contributed by atoms with Crippen LogP contribution in [0.4, 0.5) is 13.2 Å². The first kappa shape index (κ1) is 15.6. The number of alkyl halides is 3. The van der Waals surface area contributed by atoms with E-state index in [1.165, 1.54) is 30.3 Å². The largest absolute Gasteiger partial charge is 0.404 e. The second-order valence-corrected chi connectivity index (χ2v) is 5.19. The van der Waals surface area contributed by atoms with Crippen molar-refractivity contribution in [3.63, 3.8) is 0 Å². The van der Waals surface area contributed by atoms with Crippen molar-refractivity contribution < 1.29 is 18.0 Å². The molecule has 21 heavy (non-hydrogen) atoms. The van der Waals surface area contributed by atoms with Gasteiger partial charge in [-0.25, -0.2) is 0 Å². The molecule has 1 fully saturated rings. The summed E-state index contributed by atoms with van der Waals surface area (Å²) in [5.74, 6) is -0.407. The molecule has 116 valence electrons. The highest BCUT2D eigenvalue weighted by Crippen LogP contribution is 2.30. The molecule has 2 atom stereocenters. The van der Waals surface area contributed by atoms with Crippen LogP contribution in [0.25, 0.3) is 0 Å². The van der Waals surface area contributed by atoms with Crippen LogP contribution in [0, 0.1) is 0 Å². The Morgan fingerprint density at radius 3 is 2.62 bits per heavy atom. The first-order valence-electron chi connectivity index (χ1n) is 6.54. The molecule has 0 aromatic carbocycles. The van der Waals surface area contributed by atoms with Crippen molar-refractivity contribution in [1.82, 2.24) is 15.2 Å². The lowest BCUT2D eigenvalue weighted by molar-refractivity contribution is -0.188. The topological polar surface area (TPSA) is 65.2 Å². The number of pyridine rings is 1. The van der Waals surface area contributed by atoms with Gasteiger partial charge in [0, 0.05) is 24.8 Å². The van der Waals surface area contributed by atoms with E-state index in [1.54, 1.807) is 0 Å². The summed E-state index contributed by atoms with van der Waals surface area (Å²) in [6.07, 6.45) is -2.74. The molecule has 0 spiro atoms. The van der Waals surface area contributed by atoms with E-state index in [4.69, 9.17) is 0 Å². The van der Waals surface area contributed by atoms with Gasteiger partial charge >= 0.3 is 6.18 Å². The SMILES string of the molecule is CN1C[C@H](NC(=O)c2ccc(=O)[nH]c2)CC[C@@H]1C(F)(F)F. The third-order valence-corrected chi connectivity index (χ3v) is 3.59. The summed E-state index contributed by atoms with van der Waals surface area (Å²) < 4.78 is 38.2. The molecule has 0 bridgehead atoms. The highest BCUT2D eigenvalue weighted by molar-refractivity contribution is 5.94. The molecule has 0 aliphatic carbocycles. The van der Waals surface area contributed by atoms with Gasteiger partial charge in [-0.1, -0.05) is 0 Å². The van der Waals surface area contributed by atoms with Crippen molar-refractivity contribution >= 4 is 5.91 Å². The Hall–Kier alpha value is -1.83. The number of aromatic nitrogens is 1. The number of halogens is 3. The molecule has 0 unspecified atom stereocenters. The molecular weight excluding hydrogens is 287 g/mol. The number of carbonyl (C=O) groups excluding carboxylic acids is 1. The van der Waals surface area contributed by atoms with Crippen LogP contribution < -0.4 is 10.9 Å². The summed E-state index contributed by atoms with van der Waals surface area (Å²) in [4.78, 5) is 26.4. The lowest BCUT2D eigenvalue weighted by atomic mass is 9.98. The predicted molar refractivity (Wildman–Crippen MR) is 70.0 cm³/mol. The second-order valence-electron chi connectivity index (χ2n) is 5.19. The van der Waals surface area contributed by atoms with Gasteiger partial charge in [0.1, 0.15) is 6.04 Å². The zero-order chi connectivity index (χ0) is 15.6. The van der Waals surface area contributed by atoms with E-state index < -0.39 is 18.1 Å². The van der Waals surface area contributed by atoms with Crippen LogP contribution >= 0.6 is 0 Å². The minimum Gasteiger partial charge on any atom is -0.348 e. The first-order valence-corrected chi connectivity index (χ1v) is 6.54. The van der Waals surface area contributed by atoms with Crippen LogP contribution in [-0.2, 0) is 0 Å². The minimum absolute atomic E-state index is 0.0451. The second kappa shape index (κ2) is 5.88. The van der Waals surface area contributed by atoms with Crippen LogP contribution in [0.2, 0.25) is 0 Å². The van der Waals surface area contributed by atoms with Gasteiger partial charge in [-0.3, -0.25) is 14.5 Å². The lowest BCUT2D eigenvalue weighted by Gasteiger charge is -2.38. The number of hydrogen-bond acceptors (Lipinski definition) is 3. The van der Waals surface area contributed by atoms with Crippen molar-refractivity contribution in [2.75, 3.05) is 13.6 Å². The molecule has 1 amide bonds. The van der Waals surface area contributed by atoms with Crippen molar-refractivity contribution in [2.24, 2.45) is 0 Å². The standard InChI is InChI=1S/C13H16F3N3O2/c1-19-7-9(3-4-10(19)13(14,15)16)18-12(21)8-2-5-11(20)17-6-8/h2,5-6,9-10H,3-4,7H2,1H3,(H,17,20)(H,18,21)/t9-,10-/m1/s1. The zero-order valence-electron chi connectivity index (χ0n) is 11.4. The summed E-state index contributed by atoms with van der Waals surface area (Å²) in [5, 5.41) is 2.69. The summed E-state index contributed by atoms with van der Waals surface area (Å²) in [7, 11) is 1.40. The first-order chi connectivity index (χ1) is 9.77. The molecular formula is C13H16F3N3O2. The molecule has 1 aromatic heterocycles. The maximum atomic E-state index is 12.7.